The molecule has 3 aliphatic carbocycles. The third-order valence-electron chi connectivity index (χ3n) is 8.02. The zero-order valence-electron chi connectivity index (χ0n) is 17.8. The van der Waals surface area contributed by atoms with Gasteiger partial charge in [-0.15, -0.1) is 0 Å². The Kier molecular flexibility index (Phi) is 5.48. The Bertz CT molecular complexity index is 962. The lowest BCUT2D eigenvalue weighted by Gasteiger charge is -2.49. The lowest BCUT2D eigenvalue weighted by Crippen LogP contribution is -2.47. The minimum Gasteiger partial charge on any atom is -0.504 e. The van der Waals surface area contributed by atoms with E-state index < -0.39 is 17.9 Å². The molecule has 4 rings (SSSR count). The molecule has 8 heteroatoms. The summed E-state index contributed by atoms with van der Waals surface area (Å²) in [6, 6.07) is 0.112. The third-order valence-corrected chi connectivity index (χ3v) is 8.36. The molecule has 168 valence electrons. The molecule has 31 heavy (non-hydrogen) atoms. The van der Waals surface area contributed by atoms with Crippen molar-refractivity contribution in [3.63, 3.8) is 0 Å². The van der Waals surface area contributed by atoms with Gasteiger partial charge in [-0.1, -0.05) is 6.92 Å². The minimum atomic E-state index is -1.20. The Morgan fingerprint density at radius 1 is 1.26 bits per heavy atom. The summed E-state index contributed by atoms with van der Waals surface area (Å²) < 4.78 is 0. The summed E-state index contributed by atoms with van der Waals surface area (Å²) in [7, 11) is 0. The number of phenolic OH excluding ortho intramolecular Hbond substituents is 2. The largest absolute Gasteiger partial charge is 0.504 e. The second-order valence-electron chi connectivity index (χ2n) is 9.41. The van der Waals surface area contributed by atoms with Gasteiger partial charge in [-0.2, -0.15) is 12.6 Å². The Hall–Kier alpha value is -2.22. The van der Waals surface area contributed by atoms with Crippen LogP contribution in [0.15, 0.2) is 6.07 Å². The van der Waals surface area contributed by atoms with E-state index in [1.807, 2.05) is 0 Å². The molecule has 0 aromatic heterocycles. The van der Waals surface area contributed by atoms with Crippen molar-refractivity contribution in [2.45, 2.75) is 64.3 Å². The molecule has 0 heterocycles. The van der Waals surface area contributed by atoms with Crippen LogP contribution in [0.3, 0.4) is 0 Å². The zero-order chi connectivity index (χ0) is 22.7. The van der Waals surface area contributed by atoms with Crippen molar-refractivity contribution in [1.29, 1.82) is 0 Å². The lowest BCUT2D eigenvalue weighted by molar-refractivity contribution is -0.139. The van der Waals surface area contributed by atoms with Crippen molar-refractivity contribution in [1.82, 2.24) is 0 Å². The maximum absolute atomic E-state index is 12.6. The Balaban J connectivity index is 1.88. The first-order valence-corrected chi connectivity index (χ1v) is 11.5. The second kappa shape index (κ2) is 7.73. The van der Waals surface area contributed by atoms with Crippen LogP contribution in [0.5, 0.6) is 11.5 Å². The first-order valence-electron chi connectivity index (χ1n) is 10.9. The summed E-state index contributed by atoms with van der Waals surface area (Å²) in [6.45, 7) is 3.36. The molecule has 2 saturated carbocycles. The van der Waals surface area contributed by atoms with Gasteiger partial charge < -0.3 is 15.3 Å². The zero-order valence-corrected chi connectivity index (χ0v) is 18.7. The molecular formula is C23H29NO6S. The highest BCUT2D eigenvalue weighted by molar-refractivity contribution is 7.80. The molecule has 2 fully saturated rings. The van der Waals surface area contributed by atoms with Gasteiger partial charge in [0.2, 0.25) is 5.91 Å². The number of benzene rings is 1. The van der Waals surface area contributed by atoms with Crippen molar-refractivity contribution < 1.29 is 29.7 Å². The van der Waals surface area contributed by atoms with E-state index in [1.165, 1.54) is 17.9 Å². The van der Waals surface area contributed by atoms with E-state index in [9.17, 15) is 29.7 Å². The maximum Gasteiger partial charge on any atom is 0.327 e. The molecule has 3 N–H and O–H groups in total. The fourth-order valence-corrected chi connectivity index (χ4v) is 6.86. The summed E-state index contributed by atoms with van der Waals surface area (Å²) in [6.07, 6.45) is 4.18. The van der Waals surface area contributed by atoms with Gasteiger partial charge in [-0.05, 0) is 55.4 Å². The molecule has 1 aromatic rings. The average molecular weight is 448 g/mol. The van der Waals surface area contributed by atoms with Crippen molar-refractivity contribution in [2.24, 2.45) is 17.3 Å². The van der Waals surface area contributed by atoms with Crippen molar-refractivity contribution >= 4 is 36.0 Å². The van der Waals surface area contributed by atoms with Crippen LogP contribution < -0.4 is 4.90 Å². The number of anilines is 1. The first-order chi connectivity index (χ1) is 14.6. The van der Waals surface area contributed by atoms with Gasteiger partial charge in [0.25, 0.3) is 0 Å². The SMILES string of the molecule is CC(=O)N(c1cc(O)c(O)c2c1[C@H]1CC[C@]3(C)C(=O)CC[C@H]3[C@@H]1CC2)C(CS)C(=O)O. The van der Waals surface area contributed by atoms with Crippen LogP contribution >= 0.6 is 12.6 Å². The van der Waals surface area contributed by atoms with Crippen molar-refractivity contribution in [3.05, 3.63) is 17.2 Å². The number of hydrogen-bond donors (Lipinski definition) is 4. The van der Waals surface area contributed by atoms with E-state index in [2.05, 4.69) is 19.6 Å². The fraction of sp³-hybridized carbons (Fsp3) is 0.609. The highest BCUT2D eigenvalue weighted by Gasteiger charge is 2.55. The molecule has 0 aliphatic heterocycles. The molecule has 1 aromatic carbocycles. The number of phenols is 2. The lowest BCUT2D eigenvalue weighted by atomic mass is 9.55. The van der Waals surface area contributed by atoms with E-state index in [1.54, 1.807) is 0 Å². The van der Waals surface area contributed by atoms with Gasteiger partial charge in [-0.25, -0.2) is 4.79 Å². The number of carbonyl (C=O) groups is 3. The number of carbonyl (C=O) groups excluding carboxylic acids is 2. The van der Waals surface area contributed by atoms with Gasteiger partial charge in [0.05, 0.1) is 5.69 Å². The number of Topliss-reactive ketones (excluding diaryl/α,β-unsaturated/α-hetero) is 1. The van der Waals surface area contributed by atoms with Gasteiger partial charge in [0.15, 0.2) is 11.5 Å². The number of aromatic hydroxyl groups is 2. The Labute approximate surface area is 186 Å². The summed E-state index contributed by atoms with van der Waals surface area (Å²) in [4.78, 5) is 38.3. The number of thiol groups is 1. The van der Waals surface area contributed by atoms with Crippen molar-refractivity contribution in [3.8, 4) is 11.5 Å². The topological polar surface area (TPSA) is 115 Å². The number of nitrogens with zero attached hydrogens (tertiary/aromatic N) is 1. The molecule has 1 amide bonds. The number of carboxylic acid groups (broad SMARTS) is 1. The molecule has 3 aliphatic rings. The standard InChI is InChI=1S/C23H29NO6S/c1-11(25)24(17(10-31)22(29)30)16-9-18(26)21(28)14-4-3-12-13(20(14)16)7-8-23(2)15(12)5-6-19(23)27/h9,12-13,15,17,26,28,31H,3-8,10H2,1-2H3,(H,29,30)/t12-,13+,15+,17?,23+/m1/s1. The monoisotopic (exact) mass is 447 g/mol. The van der Waals surface area contributed by atoms with Gasteiger partial charge in [0, 0.05) is 36.1 Å². The average Bonchev–Trinajstić information content (AvgIpc) is 3.02. The van der Waals surface area contributed by atoms with E-state index in [0.717, 1.165) is 31.2 Å². The van der Waals surface area contributed by atoms with Crippen molar-refractivity contribution in [2.75, 3.05) is 10.7 Å². The second-order valence-corrected chi connectivity index (χ2v) is 9.78. The molecule has 5 atom stereocenters. The predicted octanol–water partition coefficient (Wildman–Crippen LogP) is 3.26. The van der Waals surface area contributed by atoms with Crippen LogP contribution in [0.2, 0.25) is 0 Å². The smallest absolute Gasteiger partial charge is 0.327 e. The fourth-order valence-electron chi connectivity index (χ4n) is 6.54. The highest BCUT2D eigenvalue weighted by Crippen LogP contribution is 2.62. The first kappa shape index (κ1) is 22.0. The number of aliphatic carboxylic acids is 1. The number of amides is 1. The number of ketones is 1. The van der Waals surface area contributed by atoms with Crippen LogP contribution in [0.4, 0.5) is 5.69 Å². The molecule has 0 radical (unpaired) electrons. The molecular weight excluding hydrogens is 418 g/mol. The molecule has 7 nitrogen and oxygen atoms in total. The van der Waals surface area contributed by atoms with Gasteiger partial charge in [0.1, 0.15) is 11.8 Å². The minimum absolute atomic E-state index is 0.00885. The van der Waals surface area contributed by atoms with Gasteiger partial charge >= 0.3 is 5.97 Å². The predicted molar refractivity (Wildman–Crippen MR) is 118 cm³/mol. The maximum atomic E-state index is 12.6. The van der Waals surface area contributed by atoms with E-state index in [-0.39, 0.29) is 40.4 Å². The summed E-state index contributed by atoms with van der Waals surface area (Å²) in [5.41, 5.74) is 1.34. The molecule has 0 bridgehead atoms. The third kappa shape index (κ3) is 3.22. The van der Waals surface area contributed by atoms with Crippen LogP contribution in [0.1, 0.15) is 63.0 Å². The number of hydrogen-bond acceptors (Lipinski definition) is 6. The van der Waals surface area contributed by atoms with E-state index >= 15 is 0 Å². The Morgan fingerprint density at radius 2 is 1.97 bits per heavy atom. The highest BCUT2D eigenvalue weighted by atomic mass is 32.1. The normalized spacial score (nSPS) is 30.2. The van der Waals surface area contributed by atoms with Crippen LogP contribution in [0, 0.1) is 17.3 Å². The number of fused-ring (bicyclic) bond motifs is 5. The molecule has 0 spiro atoms. The van der Waals surface area contributed by atoms with Gasteiger partial charge in [-0.3, -0.25) is 14.5 Å². The molecule has 1 unspecified atom stereocenters. The van der Waals surface area contributed by atoms with Crippen LogP contribution in [-0.4, -0.2) is 44.8 Å². The number of rotatable bonds is 4. The van der Waals surface area contributed by atoms with E-state index in [0.29, 0.717) is 29.9 Å². The summed E-state index contributed by atoms with van der Waals surface area (Å²) in [5.74, 6) is -1.53. The van der Waals surface area contributed by atoms with Crippen LogP contribution in [0.25, 0.3) is 0 Å². The molecule has 0 saturated heterocycles. The summed E-state index contributed by atoms with van der Waals surface area (Å²) >= 11 is 4.15. The quantitative estimate of drug-likeness (QED) is 0.416. The Morgan fingerprint density at radius 3 is 2.58 bits per heavy atom. The van der Waals surface area contributed by atoms with Crippen LogP contribution in [-0.2, 0) is 20.8 Å². The summed E-state index contributed by atoms with van der Waals surface area (Å²) in [5, 5.41) is 30.7. The van der Waals surface area contributed by atoms with E-state index in [4.69, 9.17) is 0 Å². The number of carboxylic acids is 1.